The lowest BCUT2D eigenvalue weighted by atomic mass is 9.33. The summed E-state index contributed by atoms with van der Waals surface area (Å²) < 4.78 is 5.35. The number of hydrogen-bond acceptors (Lipinski definition) is 0. The summed E-state index contributed by atoms with van der Waals surface area (Å²) >= 11 is 0. The van der Waals surface area contributed by atoms with E-state index in [4.69, 9.17) is 0 Å². The molecule has 0 atom stereocenters. The summed E-state index contributed by atoms with van der Waals surface area (Å²) in [7, 11) is 0. The van der Waals surface area contributed by atoms with Gasteiger partial charge in [0.05, 0.1) is 11.0 Å². The van der Waals surface area contributed by atoms with E-state index in [1.165, 1.54) is 121 Å². The van der Waals surface area contributed by atoms with E-state index in [9.17, 15) is 0 Å². The summed E-state index contributed by atoms with van der Waals surface area (Å²) in [4.78, 5) is 0. The highest BCUT2D eigenvalue weighted by Gasteiger charge is 2.44. The molecule has 0 N–H and O–H groups in total. The van der Waals surface area contributed by atoms with E-state index in [-0.39, 0.29) is 33.8 Å². The third kappa shape index (κ3) is 6.56. The van der Waals surface area contributed by atoms with E-state index in [2.05, 4.69) is 279 Å². The summed E-state index contributed by atoms with van der Waals surface area (Å²) in [6.07, 6.45) is 0. The molecule has 13 rings (SSSR count). The van der Waals surface area contributed by atoms with Gasteiger partial charge in [0.25, 0.3) is 6.71 Å². The van der Waals surface area contributed by atoms with Gasteiger partial charge >= 0.3 is 0 Å². The molecule has 0 aliphatic carbocycles. The van der Waals surface area contributed by atoms with Crippen molar-refractivity contribution < 1.29 is 0 Å². The van der Waals surface area contributed by atoms with Gasteiger partial charge in [-0.25, -0.2) is 0 Å². The maximum atomic E-state index is 2.68. The van der Waals surface area contributed by atoms with Crippen LogP contribution in [0.1, 0.15) is 126 Å². The molecule has 0 saturated carbocycles. The normalized spacial score (nSPS) is 13.7. The molecule has 0 unspecified atom stereocenters. The van der Waals surface area contributed by atoms with Gasteiger partial charge in [0.15, 0.2) is 0 Å². The van der Waals surface area contributed by atoms with Gasteiger partial charge in [0.2, 0.25) is 0 Å². The van der Waals surface area contributed by atoms with Crippen LogP contribution in [0.25, 0.3) is 55.0 Å². The largest absolute Gasteiger partial charge is 0.310 e. The quantitative estimate of drug-likeness (QED) is 0.134. The Hall–Kier alpha value is -7.36. The molecule has 2 aromatic heterocycles. The summed E-state index contributed by atoms with van der Waals surface area (Å²) in [5.74, 6) is 0. The van der Waals surface area contributed by atoms with Crippen LogP contribution in [0.5, 0.6) is 0 Å². The SMILES string of the molecule is CC(C)(C)c1cc2c3c(c1)-n1c4ccc(C(C)(C)c5ccccc5)cc4c4cc(C(C)(C)c5ccccc5)cc(c41)B3c1cc(C(C)(C)c3ccccc3)cc3c4cc(C(C)(C)c5ccccc5)ccc4n-2c13. The van der Waals surface area contributed by atoms with Crippen LogP contribution in [0.4, 0.5) is 0 Å². The highest BCUT2D eigenvalue weighted by Crippen LogP contribution is 2.46. The van der Waals surface area contributed by atoms with Crippen molar-refractivity contribution >= 4 is 66.7 Å². The fourth-order valence-corrected chi connectivity index (χ4v) is 13.1. The van der Waals surface area contributed by atoms with Gasteiger partial charge in [-0.3, -0.25) is 0 Å². The molecule has 0 saturated heterocycles. The van der Waals surface area contributed by atoms with Crippen molar-refractivity contribution in [1.82, 2.24) is 9.13 Å². The van der Waals surface area contributed by atoms with Crippen LogP contribution in [-0.4, -0.2) is 15.8 Å². The second-order valence-electron chi connectivity index (χ2n) is 24.6. The Bertz CT molecular complexity index is 3770. The topological polar surface area (TPSA) is 9.86 Å². The van der Waals surface area contributed by atoms with Crippen molar-refractivity contribution in [1.29, 1.82) is 0 Å². The maximum Gasteiger partial charge on any atom is 0.252 e. The van der Waals surface area contributed by atoms with Gasteiger partial charge in [0, 0.05) is 65.6 Å². The molecule has 4 heterocycles. The van der Waals surface area contributed by atoms with Crippen LogP contribution < -0.4 is 16.4 Å². The molecule has 0 bridgehead atoms. The molecule has 0 radical (unpaired) electrons. The lowest BCUT2D eigenvalue weighted by molar-refractivity contribution is 0.589. The second kappa shape index (κ2) is 15.6. The first kappa shape index (κ1) is 45.5. The lowest BCUT2D eigenvalue weighted by Crippen LogP contribution is -2.60. The van der Waals surface area contributed by atoms with Gasteiger partial charge in [-0.15, -0.1) is 0 Å². The molecule has 2 aliphatic rings. The molecule has 0 spiro atoms. The highest BCUT2D eigenvalue weighted by atomic mass is 15.0. The van der Waals surface area contributed by atoms with Crippen LogP contribution in [-0.2, 0) is 27.1 Å². The molecule has 11 aromatic rings. The molecular weight excluding hydrogens is 880 g/mol. The monoisotopic (exact) mass is 945 g/mol. The second-order valence-corrected chi connectivity index (χ2v) is 24.6. The molecule has 9 aromatic carbocycles. The van der Waals surface area contributed by atoms with Crippen molar-refractivity contribution in [2.24, 2.45) is 0 Å². The number of fused-ring (bicyclic) bond motifs is 10. The van der Waals surface area contributed by atoms with Gasteiger partial charge < -0.3 is 9.13 Å². The lowest BCUT2D eigenvalue weighted by Gasteiger charge is -2.37. The number of rotatable bonds is 8. The van der Waals surface area contributed by atoms with E-state index in [1.807, 2.05) is 0 Å². The molecule has 2 aliphatic heterocycles. The summed E-state index contributed by atoms with van der Waals surface area (Å²) in [5, 5.41) is 5.25. The maximum absolute atomic E-state index is 2.68. The first-order chi connectivity index (χ1) is 34.9. The van der Waals surface area contributed by atoms with E-state index < -0.39 is 0 Å². The molecule has 2 nitrogen and oxygen atoms in total. The van der Waals surface area contributed by atoms with Crippen molar-refractivity contribution in [2.45, 2.75) is 103 Å². The minimum atomic E-state index is -0.279. The van der Waals surface area contributed by atoms with Crippen molar-refractivity contribution in [3.63, 3.8) is 0 Å². The predicted molar refractivity (Wildman–Crippen MR) is 313 cm³/mol. The third-order valence-electron chi connectivity index (χ3n) is 18.0. The van der Waals surface area contributed by atoms with Crippen LogP contribution in [0.15, 0.2) is 194 Å². The van der Waals surface area contributed by atoms with Crippen molar-refractivity contribution in [3.05, 3.63) is 244 Å². The zero-order valence-corrected chi connectivity index (χ0v) is 44.4. The molecule has 0 fully saturated rings. The number of aromatic nitrogens is 2. The zero-order chi connectivity index (χ0) is 50.6. The Balaban J connectivity index is 1.19. The zero-order valence-electron chi connectivity index (χ0n) is 44.4. The molecular formula is C70H65BN2. The number of nitrogens with zero attached hydrogens (tertiary/aromatic N) is 2. The summed E-state index contributed by atoms with van der Waals surface area (Å²) in [6, 6.07) is 74.6. The fraction of sp³-hybridized carbons (Fsp3) is 0.229. The predicted octanol–water partition coefficient (Wildman–Crippen LogP) is 15.6. The van der Waals surface area contributed by atoms with Crippen LogP contribution in [0, 0.1) is 0 Å². The van der Waals surface area contributed by atoms with Gasteiger partial charge in [0.1, 0.15) is 0 Å². The third-order valence-corrected chi connectivity index (χ3v) is 18.0. The minimum absolute atomic E-state index is 0.0313. The number of hydrogen-bond donors (Lipinski definition) is 0. The van der Waals surface area contributed by atoms with Gasteiger partial charge in [-0.1, -0.05) is 222 Å². The summed E-state index contributed by atoms with van der Waals surface area (Å²) in [5.41, 5.74) is 22.7. The fourth-order valence-electron chi connectivity index (χ4n) is 13.1. The standard InChI is InChI=1S/C70H65BN2/c1-66(2,3)50-42-61-63-62(43-50)73-60-35-33-49(68(6,7)45-26-18-13-19-27-45)37-54(60)56-39-52(70(10,11)47-30-22-15-23-31-47)41-58(65(56)73)71(63)57-40-51(69(8,9)46-28-20-14-21-29-46)38-55-53-36-48(32-34-59(53)72(61)64(55)57)67(4,5)44-24-16-12-17-25-44/h12-43H,1-11H3. The van der Waals surface area contributed by atoms with E-state index in [1.54, 1.807) is 0 Å². The van der Waals surface area contributed by atoms with Crippen molar-refractivity contribution in [3.8, 4) is 11.4 Å². The Morgan fingerprint density at radius 1 is 0.288 bits per heavy atom. The van der Waals surface area contributed by atoms with E-state index >= 15 is 0 Å². The Morgan fingerprint density at radius 3 is 0.932 bits per heavy atom. The van der Waals surface area contributed by atoms with Crippen LogP contribution in [0.3, 0.4) is 0 Å². The highest BCUT2D eigenvalue weighted by molar-refractivity contribution is 7.00. The molecule has 3 heteroatoms. The smallest absolute Gasteiger partial charge is 0.252 e. The first-order valence-electron chi connectivity index (χ1n) is 26.5. The van der Waals surface area contributed by atoms with E-state index in [0.29, 0.717) is 0 Å². The average Bonchev–Trinajstić information content (AvgIpc) is 3.93. The average molecular weight is 945 g/mol. The molecule has 358 valence electrons. The Kier molecular flexibility index (Phi) is 9.71. The minimum Gasteiger partial charge on any atom is -0.310 e. The molecule has 73 heavy (non-hydrogen) atoms. The molecule has 0 amide bonds. The van der Waals surface area contributed by atoms with Gasteiger partial charge in [-0.2, -0.15) is 0 Å². The summed E-state index contributed by atoms with van der Waals surface area (Å²) in [6.45, 7) is 26.3. The number of benzene rings is 9. The van der Waals surface area contributed by atoms with Crippen LogP contribution >= 0.6 is 0 Å². The Morgan fingerprint density at radius 2 is 0.603 bits per heavy atom. The Labute approximate surface area is 432 Å². The van der Waals surface area contributed by atoms with Crippen molar-refractivity contribution in [2.75, 3.05) is 0 Å². The van der Waals surface area contributed by atoms with Gasteiger partial charge in [-0.05, 0) is 120 Å². The van der Waals surface area contributed by atoms with Crippen LogP contribution in [0.2, 0.25) is 0 Å². The first-order valence-corrected chi connectivity index (χ1v) is 26.5. The van der Waals surface area contributed by atoms with E-state index in [0.717, 1.165) is 0 Å².